The monoisotopic (exact) mass is 240 g/mol. The maximum atomic E-state index is 11.8. The van der Waals surface area contributed by atoms with Gasteiger partial charge < -0.3 is 4.74 Å². The third-order valence-electron chi connectivity index (χ3n) is 2.39. The minimum atomic E-state index is 0.126. The lowest BCUT2D eigenvalue weighted by atomic mass is 10.1. The second-order valence-corrected chi connectivity index (χ2v) is 4.09. The average molecular weight is 241 g/mol. The van der Waals surface area contributed by atoms with Crippen LogP contribution in [0.2, 0.25) is 5.02 Å². The predicted molar refractivity (Wildman–Crippen MR) is 66.2 cm³/mol. The Balaban J connectivity index is 2.50. The highest BCUT2D eigenvalue weighted by Crippen LogP contribution is 2.18. The Labute approximate surface area is 102 Å². The molecule has 0 amide bonds. The van der Waals surface area contributed by atoms with E-state index in [2.05, 4.69) is 0 Å². The number of carbonyl (C=O) groups excluding carboxylic acids is 1. The number of ether oxygens (including phenoxy) is 1. The summed E-state index contributed by atoms with van der Waals surface area (Å²) >= 11 is 5.96. The number of benzene rings is 1. The van der Waals surface area contributed by atoms with Crippen molar-refractivity contribution in [1.82, 2.24) is 0 Å². The molecule has 0 aliphatic heterocycles. The van der Waals surface area contributed by atoms with Crippen LogP contribution in [-0.2, 0) is 4.74 Å². The molecular weight excluding hydrogens is 224 g/mol. The Morgan fingerprint density at radius 3 is 2.81 bits per heavy atom. The highest BCUT2D eigenvalue weighted by atomic mass is 35.5. The Morgan fingerprint density at radius 1 is 1.44 bits per heavy atom. The van der Waals surface area contributed by atoms with Crippen LogP contribution < -0.4 is 0 Å². The second kappa shape index (κ2) is 6.66. The van der Waals surface area contributed by atoms with Crippen LogP contribution in [0.1, 0.15) is 35.7 Å². The number of hydrogen-bond donors (Lipinski definition) is 0. The van der Waals surface area contributed by atoms with Gasteiger partial charge in [-0.25, -0.2) is 0 Å². The normalized spacial score (nSPS) is 10.4. The molecule has 0 fully saturated rings. The molecule has 0 N–H and O–H groups in total. The van der Waals surface area contributed by atoms with Crippen molar-refractivity contribution >= 4 is 17.4 Å². The molecule has 1 aromatic rings. The van der Waals surface area contributed by atoms with Crippen LogP contribution >= 0.6 is 11.6 Å². The first kappa shape index (κ1) is 13.2. The van der Waals surface area contributed by atoms with Gasteiger partial charge in [0, 0.05) is 30.2 Å². The van der Waals surface area contributed by atoms with Crippen LogP contribution in [0.3, 0.4) is 0 Å². The van der Waals surface area contributed by atoms with E-state index < -0.39 is 0 Å². The third kappa shape index (κ3) is 3.95. The molecule has 1 aromatic carbocycles. The van der Waals surface area contributed by atoms with Gasteiger partial charge in [-0.1, -0.05) is 23.7 Å². The van der Waals surface area contributed by atoms with Crippen LogP contribution in [0.15, 0.2) is 18.2 Å². The molecule has 0 spiro atoms. The molecule has 16 heavy (non-hydrogen) atoms. The van der Waals surface area contributed by atoms with Gasteiger partial charge in [-0.2, -0.15) is 0 Å². The predicted octanol–water partition coefficient (Wildman–Crippen LogP) is 3.65. The number of hydrogen-bond acceptors (Lipinski definition) is 2. The van der Waals surface area contributed by atoms with Gasteiger partial charge >= 0.3 is 0 Å². The molecule has 0 unspecified atom stereocenters. The summed E-state index contributed by atoms with van der Waals surface area (Å²) in [4.78, 5) is 11.8. The van der Waals surface area contributed by atoms with Crippen molar-refractivity contribution in [3.63, 3.8) is 0 Å². The largest absolute Gasteiger partial charge is 0.382 e. The van der Waals surface area contributed by atoms with Crippen molar-refractivity contribution in [3.8, 4) is 0 Å². The standard InChI is InChI=1S/C13H17ClO2/c1-3-16-8-4-5-13(15)11-7-6-10(2)12(14)9-11/h6-7,9H,3-5,8H2,1-2H3. The van der Waals surface area contributed by atoms with E-state index >= 15 is 0 Å². The highest BCUT2D eigenvalue weighted by Gasteiger charge is 2.07. The van der Waals surface area contributed by atoms with E-state index in [1.807, 2.05) is 26.0 Å². The minimum Gasteiger partial charge on any atom is -0.382 e. The van der Waals surface area contributed by atoms with Gasteiger partial charge in [-0.05, 0) is 31.9 Å². The summed E-state index contributed by atoms with van der Waals surface area (Å²) in [5.74, 6) is 0.126. The fourth-order valence-electron chi connectivity index (χ4n) is 1.39. The highest BCUT2D eigenvalue weighted by molar-refractivity contribution is 6.31. The van der Waals surface area contributed by atoms with Crippen LogP contribution in [-0.4, -0.2) is 19.0 Å². The van der Waals surface area contributed by atoms with Gasteiger partial charge in [0.25, 0.3) is 0 Å². The Bertz CT molecular complexity index is 361. The first-order valence-electron chi connectivity index (χ1n) is 5.52. The van der Waals surface area contributed by atoms with Gasteiger partial charge in [0.05, 0.1) is 0 Å². The van der Waals surface area contributed by atoms with Crippen molar-refractivity contribution in [2.24, 2.45) is 0 Å². The molecule has 0 aromatic heterocycles. The zero-order chi connectivity index (χ0) is 12.0. The molecule has 0 saturated heterocycles. The molecule has 0 atom stereocenters. The molecule has 3 heteroatoms. The fourth-order valence-corrected chi connectivity index (χ4v) is 1.57. The smallest absolute Gasteiger partial charge is 0.163 e. The number of halogens is 1. The van der Waals surface area contributed by atoms with Gasteiger partial charge in [0.1, 0.15) is 0 Å². The zero-order valence-electron chi connectivity index (χ0n) is 9.75. The van der Waals surface area contributed by atoms with Crippen molar-refractivity contribution < 1.29 is 9.53 Å². The zero-order valence-corrected chi connectivity index (χ0v) is 10.5. The molecule has 1 rings (SSSR count). The van der Waals surface area contributed by atoms with E-state index in [1.165, 1.54) is 0 Å². The topological polar surface area (TPSA) is 26.3 Å². The van der Waals surface area contributed by atoms with E-state index in [0.717, 1.165) is 12.0 Å². The molecule has 0 saturated carbocycles. The lowest BCUT2D eigenvalue weighted by molar-refractivity contribution is 0.0947. The van der Waals surface area contributed by atoms with Crippen LogP contribution in [0.4, 0.5) is 0 Å². The summed E-state index contributed by atoms with van der Waals surface area (Å²) in [6.07, 6.45) is 1.28. The number of ketones is 1. The summed E-state index contributed by atoms with van der Waals surface area (Å²) in [5, 5.41) is 0.649. The number of aryl methyl sites for hydroxylation is 1. The number of carbonyl (C=O) groups is 1. The van der Waals surface area contributed by atoms with Gasteiger partial charge in [0.2, 0.25) is 0 Å². The van der Waals surface area contributed by atoms with Crippen molar-refractivity contribution in [2.75, 3.05) is 13.2 Å². The first-order valence-corrected chi connectivity index (χ1v) is 5.90. The number of Topliss-reactive ketones (excluding diaryl/α,β-unsaturated/α-hetero) is 1. The molecule has 0 bridgehead atoms. The Hall–Kier alpha value is -0.860. The van der Waals surface area contributed by atoms with Gasteiger partial charge in [0.15, 0.2) is 5.78 Å². The molecule has 0 radical (unpaired) electrons. The summed E-state index contributed by atoms with van der Waals surface area (Å²) in [5.41, 5.74) is 1.68. The van der Waals surface area contributed by atoms with E-state index in [-0.39, 0.29) is 5.78 Å². The SMILES string of the molecule is CCOCCCC(=O)c1ccc(C)c(Cl)c1. The van der Waals surface area contributed by atoms with Crippen molar-refractivity contribution in [2.45, 2.75) is 26.7 Å². The van der Waals surface area contributed by atoms with Gasteiger partial charge in [-0.3, -0.25) is 4.79 Å². The lowest BCUT2D eigenvalue weighted by Gasteiger charge is -2.04. The molecule has 0 aliphatic carbocycles. The van der Waals surface area contributed by atoms with Crippen LogP contribution in [0.5, 0.6) is 0 Å². The van der Waals surface area contributed by atoms with Gasteiger partial charge in [-0.15, -0.1) is 0 Å². The van der Waals surface area contributed by atoms with E-state index in [0.29, 0.717) is 30.2 Å². The summed E-state index contributed by atoms with van der Waals surface area (Å²) in [6.45, 7) is 5.21. The summed E-state index contributed by atoms with van der Waals surface area (Å²) < 4.78 is 5.18. The molecule has 0 heterocycles. The summed E-state index contributed by atoms with van der Waals surface area (Å²) in [7, 11) is 0. The second-order valence-electron chi connectivity index (χ2n) is 3.69. The Morgan fingerprint density at radius 2 is 2.19 bits per heavy atom. The van der Waals surface area contributed by atoms with E-state index in [4.69, 9.17) is 16.3 Å². The van der Waals surface area contributed by atoms with Crippen molar-refractivity contribution in [3.05, 3.63) is 34.3 Å². The molecular formula is C13H17ClO2. The molecule has 88 valence electrons. The minimum absolute atomic E-state index is 0.126. The van der Waals surface area contributed by atoms with Crippen LogP contribution in [0.25, 0.3) is 0 Å². The molecule has 2 nitrogen and oxygen atoms in total. The quantitative estimate of drug-likeness (QED) is 0.561. The van der Waals surface area contributed by atoms with Crippen LogP contribution in [0, 0.1) is 6.92 Å². The van der Waals surface area contributed by atoms with E-state index in [1.54, 1.807) is 6.07 Å². The van der Waals surface area contributed by atoms with E-state index in [9.17, 15) is 4.79 Å². The average Bonchev–Trinajstić information content (AvgIpc) is 2.28. The maximum absolute atomic E-state index is 11.8. The number of rotatable bonds is 6. The lowest BCUT2D eigenvalue weighted by Crippen LogP contribution is -2.02. The summed E-state index contributed by atoms with van der Waals surface area (Å²) in [6, 6.07) is 5.43. The first-order chi connectivity index (χ1) is 7.65. The third-order valence-corrected chi connectivity index (χ3v) is 2.80. The maximum Gasteiger partial charge on any atom is 0.163 e. The molecule has 0 aliphatic rings. The fraction of sp³-hybridized carbons (Fsp3) is 0.462. The Kier molecular flexibility index (Phi) is 5.50. The van der Waals surface area contributed by atoms with Crippen molar-refractivity contribution in [1.29, 1.82) is 0 Å².